The van der Waals surface area contributed by atoms with Gasteiger partial charge >= 0.3 is 12.1 Å². The molecule has 1 heterocycles. The second kappa shape index (κ2) is 5.90. The molecular formula is C12H11F3N4O2. The first-order valence-electron chi connectivity index (χ1n) is 6.01. The van der Waals surface area contributed by atoms with Crippen molar-refractivity contribution in [3.63, 3.8) is 0 Å². The molecule has 0 spiro atoms. The van der Waals surface area contributed by atoms with Crippen LogP contribution in [0.3, 0.4) is 0 Å². The Labute approximate surface area is 117 Å². The third-order valence-corrected chi connectivity index (χ3v) is 2.50. The lowest BCUT2D eigenvalue weighted by molar-refractivity contribution is -0.144. The zero-order valence-electron chi connectivity index (χ0n) is 11.0. The van der Waals surface area contributed by atoms with E-state index in [-0.39, 0.29) is 19.0 Å². The van der Waals surface area contributed by atoms with Crippen LogP contribution in [-0.2, 0) is 22.3 Å². The van der Waals surface area contributed by atoms with Crippen molar-refractivity contribution in [1.29, 1.82) is 0 Å². The molecule has 1 aromatic heterocycles. The van der Waals surface area contributed by atoms with E-state index in [9.17, 15) is 18.0 Å². The van der Waals surface area contributed by atoms with E-state index in [2.05, 4.69) is 15.4 Å². The smallest absolute Gasteiger partial charge is 0.416 e. The number of alkyl halides is 3. The minimum Gasteiger partial charge on any atom is -0.465 e. The van der Waals surface area contributed by atoms with Crippen LogP contribution in [0, 0.1) is 0 Å². The van der Waals surface area contributed by atoms with Crippen molar-refractivity contribution in [3.05, 3.63) is 29.8 Å². The van der Waals surface area contributed by atoms with Crippen molar-refractivity contribution in [2.75, 3.05) is 6.61 Å². The van der Waals surface area contributed by atoms with E-state index in [0.717, 1.165) is 16.9 Å². The summed E-state index contributed by atoms with van der Waals surface area (Å²) in [7, 11) is 0. The van der Waals surface area contributed by atoms with E-state index in [0.29, 0.717) is 5.56 Å². The molecule has 0 N–H and O–H groups in total. The zero-order chi connectivity index (χ0) is 15.5. The summed E-state index contributed by atoms with van der Waals surface area (Å²) in [6, 6.07) is 4.35. The molecule has 2 aromatic rings. The van der Waals surface area contributed by atoms with Gasteiger partial charge in [0.25, 0.3) is 0 Å². The van der Waals surface area contributed by atoms with Gasteiger partial charge in [0.05, 0.1) is 12.2 Å². The number of hydrogen-bond donors (Lipinski definition) is 0. The maximum Gasteiger partial charge on any atom is 0.416 e. The van der Waals surface area contributed by atoms with Crippen LogP contribution in [0.5, 0.6) is 0 Å². The maximum atomic E-state index is 12.4. The highest BCUT2D eigenvalue weighted by Gasteiger charge is 2.30. The van der Waals surface area contributed by atoms with Gasteiger partial charge in [-0.3, -0.25) is 0 Å². The Kier molecular flexibility index (Phi) is 4.20. The van der Waals surface area contributed by atoms with Crippen LogP contribution in [0.1, 0.15) is 12.5 Å². The highest BCUT2D eigenvalue weighted by atomic mass is 19.4. The van der Waals surface area contributed by atoms with Gasteiger partial charge in [0, 0.05) is 5.56 Å². The number of benzene rings is 1. The summed E-state index contributed by atoms with van der Waals surface area (Å²) in [5.41, 5.74) is -0.386. The first kappa shape index (κ1) is 14.9. The highest BCUT2D eigenvalue weighted by molar-refractivity contribution is 5.68. The average molecular weight is 300 g/mol. The Morgan fingerprint density at radius 3 is 2.52 bits per heavy atom. The molecule has 112 valence electrons. The first-order chi connectivity index (χ1) is 9.90. The van der Waals surface area contributed by atoms with E-state index in [4.69, 9.17) is 4.74 Å². The van der Waals surface area contributed by atoms with Crippen LogP contribution in [0.15, 0.2) is 24.3 Å². The lowest BCUT2D eigenvalue weighted by Gasteiger charge is -2.05. The third kappa shape index (κ3) is 3.77. The van der Waals surface area contributed by atoms with Crippen molar-refractivity contribution in [2.45, 2.75) is 19.6 Å². The Hall–Kier alpha value is -2.45. The summed E-state index contributed by atoms with van der Waals surface area (Å²) in [6.07, 6.45) is -4.40. The van der Waals surface area contributed by atoms with Crippen LogP contribution in [0.2, 0.25) is 0 Å². The summed E-state index contributed by atoms with van der Waals surface area (Å²) in [5.74, 6) is -0.387. The number of carbonyl (C=O) groups is 1. The molecule has 2 rings (SSSR count). The van der Waals surface area contributed by atoms with E-state index < -0.39 is 17.7 Å². The molecule has 0 aliphatic carbocycles. The number of ether oxygens (including phenoxy) is 1. The van der Waals surface area contributed by atoms with Crippen molar-refractivity contribution >= 4 is 5.97 Å². The molecular weight excluding hydrogens is 289 g/mol. The Morgan fingerprint density at radius 1 is 1.29 bits per heavy atom. The average Bonchev–Trinajstić information content (AvgIpc) is 2.86. The first-order valence-corrected chi connectivity index (χ1v) is 6.01. The van der Waals surface area contributed by atoms with E-state index in [1.54, 1.807) is 6.92 Å². The fourth-order valence-corrected chi connectivity index (χ4v) is 1.56. The molecule has 0 amide bonds. The molecule has 0 aliphatic rings. The van der Waals surface area contributed by atoms with Gasteiger partial charge in [-0.2, -0.15) is 18.0 Å². The lowest BCUT2D eigenvalue weighted by atomic mass is 10.1. The van der Waals surface area contributed by atoms with Crippen LogP contribution in [-0.4, -0.2) is 32.8 Å². The lowest BCUT2D eigenvalue weighted by Crippen LogP contribution is -2.15. The van der Waals surface area contributed by atoms with Gasteiger partial charge < -0.3 is 4.74 Å². The molecule has 0 bridgehead atoms. The van der Waals surface area contributed by atoms with Gasteiger partial charge in [0.2, 0.25) is 5.82 Å². The van der Waals surface area contributed by atoms with Crippen LogP contribution >= 0.6 is 0 Å². The van der Waals surface area contributed by atoms with E-state index in [1.165, 1.54) is 12.1 Å². The van der Waals surface area contributed by atoms with Crippen molar-refractivity contribution < 1.29 is 22.7 Å². The van der Waals surface area contributed by atoms with Gasteiger partial charge in [-0.25, -0.2) is 4.79 Å². The second-order valence-electron chi connectivity index (χ2n) is 4.02. The van der Waals surface area contributed by atoms with Crippen LogP contribution < -0.4 is 0 Å². The molecule has 0 radical (unpaired) electrons. The van der Waals surface area contributed by atoms with Crippen LogP contribution in [0.4, 0.5) is 13.2 Å². The molecule has 9 heteroatoms. The Morgan fingerprint density at radius 2 is 1.95 bits per heavy atom. The molecule has 0 aliphatic heterocycles. The molecule has 0 unspecified atom stereocenters. The normalized spacial score (nSPS) is 11.4. The summed E-state index contributed by atoms with van der Waals surface area (Å²) in [6.45, 7) is 1.70. The maximum absolute atomic E-state index is 12.4. The van der Waals surface area contributed by atoms with Gasteiger partial charge in [-0.05, 0) is 24.3 Å². The zero-order valence-corrected chi connectivity index (χ0v) is 11.0. The molecule has 0 saturated heterocycles. The SMILES string of the molecule is CCOC(=O)Cn1nnc(-c2ccc(C(F)(F)F)cc2)n1. The fraction of sp³-hybridized carbons (Fsp3) is 0.333. The second-order valence-corrected chi connectivity index (χ2v) is 4.02. The van der Waals surface area contributed by atoms with Crippen molar-refractivity contribution in [1.82, 2.24) is 20.2 Å². The highest BCUT2D eigenvalue weighted by Crippen LogP contribution is 2.30. The minimum absolute atomic E-state index is 0.132. The van der Waals surface area contributed by atoms with Gasteiger partial charge in [0.1, 0.15) is 0 Å². The fourth-order valence-electron chi connectivity index (χ4n) is 1.56. The molecule has 0 atom stereocenters. The molecule has 0 fully saturated rings. The number of halogens is 3. The van der Waals surface area contributed by atoms with Crippen molar-refractivity contribution in [2.24, 2.45) is 0 Å². The number of tetrazole rings is 1. The standard InChI is InChI=1S/C12H11F3N4O2/c1-2-21-10(20)7-19-17-11(16-18-19)8-3-5-9(6-4-8)12(13,14)15/h3-6H,2,7H2,1H3. The largest absolute Gasteiger partial charge is 0.465 e. The number of carbonyl (C=O) groups excluding carboxylic acids is 1. The Balaban J connectivity index is 2.12. The predicted octanol–water partition coefficient (Wildman–Crippen LogP) is 1.92. The summed E-state index contributed by atoms with van der Waals surface area (Å²) < 4.78 is 42.1. The van der Waals surface area contributed by atoms with E-state index >= 15 is 0 Å². The van der Waals surface area contributed by atoms with E-state index in [1.807, 2.05) is 0 Å². The summed E-state index contributed by atoms with van der Waals surface area (Å²) >= 11 is 0. The quantitative estimate of drug-likeness (QED) is 0.807. The monoisotopic (exact) mass is 300 g/mol. The number of nitrogens with zero attached hydrogens (tertiary/aromatic N) is 4. The summed E-state index contributed by atoms with van der Waals surface area (Å²) in [5, 5.41) is 11.2. The van der Waals surface area contributed by atoms with Gasteiger partial charge in [-0.15, -0.1) is 10.2 Å². The van der Waals surface area contributed by atoms with Gasteiger partial charge in [0.15, 0.2) is 6.54 Å². The number of aromatic nitrogens is 4. The molecule has 6 nitrogen and oxygen atoms in total. The predicted molar refractivity (Wildman–Crippen MR) is 64.9 cm³/mol. The summed E-state index contributed by atoms with van der Waals surface area (Å²) in [4.78, 5) is 12.3. The number of rotatable bonds is 4. The van der Waals surface area contributed by atoms with Crippen LogP contribution in [0.25, 0.3) is 11.4 Å². The molecule has 0 saturated carbocycles. The molecule has 1 aromatic carbocycles. The number of esters is 1. The minimum atomic E-state index is -4.40. The molecule has 21 heavy (non-hydrogen) atoms. The third-order valence-electron chi connectivity index (χ3n) is 2.50. The van der Waals surface area contributed by atoms with Gasteiger partial charge in [-0.1, -0.05) is 12.1 Å². The Bertz CT molecular complexity index is 622. The number of hydrogen-bond acceptors (Lipinski definition) is 5. The van der Waals surface area contributed by atoms with Crippen molar-refractivity contribution in [3.8, 4) is 11.4 Å². The topological polar surface area (TPSA) is 69.9 Å².